The fraction of sp³-hybridized carbons (Fsp3) is 0.474. The minimum atomic E-state index is 0.450. The number of benzene rings is 2. The summed E-state index contributed by atoms with van der Waals surface area (Å²) < 4.78 is 0. The van der Waals surface area contributed by atoms with E-state index in [2.05, 4.69) is 69.4 Å². The molecule has 108 valence electrons. The highest BCUT2D eigenvalue weighted by atomic mass is 14.9. The molecule has 0 saturated heterocycles. The van der Waals surface area contributed by atoms with Crippen molar-refractivity contribution in [2.45, 2.75) is 46.6 Å². The van der Waals surface area contributed by atoms with Gasteiger partial charge in [0.1, 0.15) is 0 Å². The second-order valence-corrected chi connectivity index (χ2v) is 5.83. The number of rotatable bonds is 6. The molecule has 2 unspecified atom stereocenters. The van der Waals surface area contributed by atoms with Crippen molar-refractivity contribution in [1.29, 1.82) is 0 Å². The third-order valence-corrected chi connectivity index (χ3v) is 4.33. The molecule has 2 atom stereocenters. The Bertz CT molecular complexity index is 559. The quantitative estimate of drug-likeness (QED) is 0.756. The van der Waals surface area contributed by atoms with Crippen LogP contribution in [0, 0.1) is 12.8 Å². The molecule has 2 rings (SSSR count). The van der Waals surface area contributed by atoms with E-state index in [9.17, 15) is 0 Å². The number of fused-ring (bicyclic) bond motifs is 1. The minimum Gasteiger partial charge on any atom is -0.310 e. The Labute approximate surface area is 123 Å². The molecule has 0 aromatic heterocycles. The van der Waals surface area contributed by atoms with E-state index in [0.717, 1.165) is 6.54 Å². The number of nitrogens with one attached hydrogen (secondary N) is 1. The largest absolute Gasteiger partial charge is 0.310 e. The zero-order valence-electron chi connectivity index (χ0n) is 13.2. The van der Waals surface area contributed by atoms with Gasteiger partial charge in [-0.15, -0.1) is 0 Å². The molecule has 0 heterocycles. The molecule has 0 saturated carbocycles. The average Bonchev–Trinajstić information content (AvgIpc) is 2.48. The minimum absolute atomic E-state index is 0.450. The van der Waals surface area contributed by atoms with Gasteiger partial charge in [-0.1, -0.05) is 63.6 Å². The van der Waals surface area contributed by atoms with Gasteiger partial charge in [-0.25, -0.2) is 0 Å². The third-order valence-electron chi connectivity index (χ3n) is 4.33. The summed E-state index contributed by atoms with van der Waals surface area (Å²) in [5, 5.41) is 6.52. The predicted molar refractivity (Wildman–Crippen MR) is 89.2 cm³/mol. The molecule has 0 aliphatic rings. The van der Waals surface area contributed by atoms with Crippen molar-refractivity contribution >= 4 is 10.8 Å². The molecule has 2 aromatic carbocycles. The van der Waals surface area contributed by atoms with Crippen LogP contribution in [0.4, 0.5) is 0 Å². The molecule has 2 aromatic rings. The molecule has 1 heteroatoms. The van der Waals surface area contributed by atoms with Crippen molar-refractivity contribution in [1.82, 2.24) is 5.32 Å². The lowest BCUT2D eigenvalue weighted by Crippen LogP contribution is -2.28. The normalized spacial score (nSPS) is 14.4. The maximum atomic E-state index is 3.77. The Balaban J connectivity index is 2.53. The van der Waals surface area contributed by atoms with Crippen molar-refractivity contribution in [3.8, 4) is 0 Å². The van der Waals surface area contributed by atoms with Gasteiger partial charge in [-0.05, 0) is 47.7 Å². The van der Waals surface area contributed by atoms with Gasteiger partial charge in [-0.2, -0.15) is 0 Å². The lowest BCUT2D eigenvalue weighted by molar-refractivity contribution is 0.378. The maximum Gasteiger partial charge on any atom is 0.0354 e. The summed E-state index contributed by atoms with van der Waals surface area (Å²) in [6.45, 7) is 10.2. The SMILES string of the molecule is CCCNC(c1c(C)ccc2ccccc12)C(C)CC. The van der Waals surface area contributed by atoms with Crippen LogP contribution in [0.1, 0.15) is 50.8 Å². The van der Waals surface area contributed by atoms with Crippen LogP contribution in [0.25, 0.3) is 10.8 Å². The smallest absolute Gasteiger partial charge is 0.0354 e. The zero-order chi connectivity index (χ0) is 14.5. The van der Waals surface area contributed by atoms with Crippen LogP contribution in [0.2, 0.25) is 0 Å². The summed E-state index contributed by atoms with van der Waals surface area (Å²) in [5.41, 5.74) is 2.89. The summed E-state index contributed by atoms with van der Waals surface area (Å²) in [7, 11) is 0. The number of hydrogen-bond acceptors (Lipinski definition) is 1. The molecule has 1 nitrogen and oxygen atoms in total. The van der Waals surface area contributed by atoms with Gasteiger partial charge in [0.25, 0.3) is 0 Å². The van der Waals surface area contributed by atoms with Crippen LogP contribution < -0.4 is 5.32 Å². The lowest BCUT2D eigenvalue weighted by atomic mass is 9.86. The highest BCUT2D eigenvalue weighted by Gasteiger charge is 2.21. The first-order valence-corrected chi connectivity index (χ1v) is 7.90. The van der Waals surface area contributed by atoms with Crippen LogP contribution in [0.5, 0.6) is 0 Å². The zero-order valence-corrected chi connectivity index (χ0v) is 13.2. The molecule has 0 amide bonds. The van der Waals surface area contributed by atoms with E-state index >= 15 is 0 Å². The van der Waals surface area contributed by atoms with Gasteiger partial charge in [0.05, 0.1) is 0 Å². The van der Waals surface area contributed by atoms with Gasteiger partial charge in [0.2, 0.25) is 0 Å². The topological polar surface area (TPSA) is 12.0 Å². The van der Waals surface area contributed by atoms with Crippen LogP contribution >= 0.6 is 0 Å². The predicted octanol–water partition coefficient (Wildman–Crippen LogP) is 5.24. The van der Waals surface area contributed by atoms with E-state index in [1.54, 1.807) is 0 Å². The van der Waals surface area contributed by atoms with Crippen molar-refractivity contribution in [3.63, 3.8) is 0 Å². The van der Waals surface area contributed by atoms with E-state index in [-0.39, 0.29) is 0 Å². The Hall–Kier alpha value is -1.34. The summed E-state index contributed by atoms with van der Waals surface area (Å²) in [6.07, 6.45) is 2.38. The van der Waals surface area contributed by atoms with Gasteiger partial charge in [0, 0.05) is 6.04 Å². The summed E-state index contributed by atoms with van der Waals surface area (Å²) in [4.78, 5) is 0. The van der Waals surface area contributed by atoms with Gasteiger partial charge in [0.15, 0.2) is 0 Å². The van der Waals surface area contributed by atoms with E-state index < -0.39 is 0 Å². The summed E-state index contributed by atoms with van der Waals surface area (Å²) in [5.74, 6) is 0.644. The highest BCUT2D eigenvalue weighted by Crippen LogP contribution is 2.33. The van der Waals surface area contributed by atoms with E-state index in [4.69, 9.17) is 0 Å². The molecular weight excluding hydrogens is 242 g/mol. The van der Waals surface area contributed by atoms with Crippen LogP contribution in [0.3, 0.4) is 0 Å². The van der Waals surface area contributed by atoms with Gasteiger partial charge < -0.3 is 5.32 Å². The molecular formula is C19H27N. The highest BCUT2D eigenvalue weighted by molar-refractivity contribution is 5.87. The monoisotopic (exact) mass is 269 g/mol. The number of aryl methyl sites for hydroxylation is 1. The molecule has 0 bridgehead atoms. The third kappa shape index (κ3) is 3.04. The fourth-order valence-electron chi connectivity index (χ4n) is 2.94. The number of hydrogen-bond donors (Lipinski definition) is 1. The summed E-state index contributed by atoms with van der Waals surface area (Å²) >= 11 is 0. The second kappa shape index (κ2) is 6.90. The average molecular weight is 269 g/mol. The van der Waals surface area contributed by atoms with Crippen LogP contribution in [0.15, 0.2) is 36.4 Å². The van der Waals surface area contributed by atoms with Crippen molar-refractivity contribution in [2.75, 3.05) is 6.54 Å². The lowest BCUT2D eigenvalue weighted by Gasteiger charge is -2.28. The van der Waals surface area contributed by atoms with E-state index in [1.807, 2.05) is 0 Å². The second-order valence-electron chi connectivity index (χ2n) is 5.83. The van der Waals surface area contributed by atoms with Crippen molar-refractivity contribution in [2.24, 2.45) is 5.92 Å². The molecule has 0 radical (unpaired) electrons. The molecule has 20 heavy (non-hydrogen) atoms. The van der Waals surface area contributed by atoms with Crippen LogP contribution in [-0.2, 0) is 0 Å². The molecule has 0 aliphatic heterocycles. The first-order chi connectivity index (χ1) is 9.69. The van der Waals surface area contributed by atoms with Crippen molar-refractivity contribution in [3.05, 3.63) is 47.5 Å². The Morgan fingerprint density at radius 1 is 1.05 bits per heavy atom. The van der Waals surface area contributed by atoms with Crippen LogP contribution in [-0.4, -0.2) is 6.54 Å². The van der Waals surface area contributed by atoms with E-state index in [1.165, 1.54) is 34.7 Å². The van der Waals surface area contributed by atoms with Gasteiger partial charge >= 0.3 is 0 Å². The Kier molecular flexibility index (Phi) is 5.19. The summed E-state index contributed by atoms with van der Waals surface area (Å²) in [6, 6.07) is 13.7. The molecule has 0 fully saturated rings. The van der Waals surface area contributed by atoms with Crippen molar-refractivity contribution < 1.29 is 0 Å². The maximum absolute atomic E-state index is 3.77. The fourth-order valence-corrected chi connectivity index (χ4v) is 2.94. The first kappa shape index (κ1) is 15.1. The molecule has 0 spiro atoms. The molecule has 1 N–H and O–H groups in total. The Morgan fingerprint density at radius 3 is 2.50 bits per heavy atom. The molecule has 0 aliphatic carbocycles. The first-order valence-electron chi connectivity index (χ1n) is 7.90. The Morgan fingerprint density at radius 2 is 1.80 bits per heavy atom. The standard InChI is InChI=1S/C19H27N/c1-5-13-20-19(14(3)6-2)18-15(4)11-12-16-9-7-8-10-17(16)18/h7-12,14,19-20H,5-6,13H2,1-4H3. The van der Waals surface area contributed by atoms with Gasteiger partial charge in [-0.3, -0.25) is 0 Å². The van der Waals surface area contributed by atoms with E-state index in [0.29, 0.717) is 12.0 Å².